The van der Waals surface area contributed by atoms with E-state index in [1.54, 1.807) is 12.3 Å². The first-order chi connectivity index (χ1) is 18.1. The van der Waals surface area contributed by atoms with E-state index >= 15 is 0 Å². The molecule has 7 nitrogen and oxygen atoms in total. The van der Waals surface area contributed by atoms with Gasteiger partial charge >= 0.3 is 5.97 Å². The fraction of sp³-hybridized carbons (Fsp3) is 0.452. The summed E-state index contributed by atoms with van der Waals surface area (Å²) < 4.78 is 6.83. The molecule has 0 bridgehead atoms. The number of aromatic nitrogens is 2. The highest BCUT2D eigenvalue weighted by Crippen LogP contribution is 2.29. The molecule has 0 saturated heterocycles. The number of aryl methyl sites for hydroxylation is 2. The van der Waals surface area contributed by atoms with Gasteiger partial charge < -0.3 is 19.5 Å². The number of hydrogen-bond donors (Lipinski definition) is 1. The lowest BCUT2D eigenvalue weighted by molar-refractivity contribution is -0.141. The molecule has 0 radical (unpaired) electrons. The Balaban J connectivity index is 1.91. The molecule has 3 aromatic rings. The monoisotopic (exact) mass is 518 g/mol. The van der Waals surface area contributed by atoms with Crippen molar-refractivity contribution >= 4 is 5.97 Å². The average molecular weight is 519 g/mol. The number of esters is 1. The van der Waals surface area contributed by atoms with Gasteiger partial charge in [-0.05, 0) is 80.2 Å². The van der Waals surface area contributed by atoms with Crippen LogP contribution in [-0.2, 0) is 16.1 Å². The molecule has 0 saturated carbocycles. The van der Waals surface area contributed by atoms with E-state index in [1.807, 2.05) is 42.0 Å². The van der Waals surface area contributed by atoms with Crippen LogP contribution in [0.1, 0.15) is 61.0 Å². The number of rotatable bonds is 12. The Morgan fingerprint density at radius 3 is 2.42 bits per heavy atom. The molecular weight excluding hydrogens is 476 g/mol. The van der Waals surface area contributed by atoms with Crippen molar-refractivity contribution in [1.82, 2.24) is 19.8 Å². The van der Waals surface area contributed by atoms with Crippen LogP contribution in [0.4, 0.5) is 0 Å². The molecular formula is C31H42N4O3. The van der Waals surface area contributed by atoms with Gasteiger partial charge in [-0.1, -0.05) is 32.0 Å². The first-order valence-electron chi connectivity index (χ1n) is 13.3. The molecule has 2 heterocycles. The van der Waals surface area contributed by atoms with Crippen LogP contribution in [0, 0.1) is 19.8 Å². The van der Waals surface area contributed by atoms with Gasteiger partial charge in [-0.25, -0.2) is 0 Å². The summed E-state index contributed by atoms with van der Waals surface area (Å²) in [6.45, 7) is 9.74. The molecule has 1 N–H and O–H groups in total. The maximum absolute atomic E-state index is 13.1. The van der Waals surface area contributed by atoms with E-state index in [9.17, 15) is 9.59 Å². The largest absolute Gasteiger partial charge is 0.469 e. The van der Waals surface area contributed by atoms with E-state index in [1.165, 1.54) is 18.2 Å². The van der Waals surface area contributed by atoms with Gasteiger partial charge in [0, 0.05) is 55.4 Å². The van der Waals surface area contributed by atoms with Gasteiger partial charge in [0.25, 0.3) is 5.56 Å². The maximum Gasteiger partial charge on any atom is 0.307 e. The van der Waals surface area contributed by atoms with E-state index in [0.717, 1.165) is 28.7 Å². The highest BCUT2D eigenvalue weighted by Gasteiger charge is 2.22. The highest BCUT2D eigenvalue weighted by atomic mass is 16.5. The quantitative estimate of drug-likeness (QED) is 0.338. The van der Waals surface area contributed by atoms with Gasteiger partial charge in [-0.15, -0.1) is 0 Å². The highest BCUT2D eigenvalue weighted by molar-refractivity contribution is 5.72. The van der Waals surface area contributed by atoms with Gasteiger partial charge in [-0.2, -0.15) is 0 Å². The summed E-state index contributed by atoms with van der Waals surface area (Å²) in [7, 11) is 5.38. The summed E-state index contributed by atoms with van der Waals surface area (Å²) >= 11 is 0. The van der Waals surface area contributed by atoms with Crippen molar-refractivity contribution in [3.8, 4) is 11.1 Å². The molecule has 2 aromatic heterocycles. The maximum atomic E-state index is 13.1. The molecule has 7 heteroatoms. The van der Waals surface area contributed by atoms with Gasteiger partial charge in [0.15, 0.2) is 0 Å². The Hall–Kier alpha value is -3.29. The van der Waals surface area contributed by atoms with Crippen molar-refractivity contribution in [2.75, 3.05) is 27.7 Å². The lowest BCUT2D eigenvalue weighted by Crippen LogP contribution is -2.35. The van der Waals surface area contributed by atoms with Gasteiger partial charge in [0.1, 0.15) is 0 Å². The van der Waals surface area contributed by atoms with Crippen molar-refractivity contribution in [3.63, 3.8) is 0 Å². The molecule has 0 unspecified atom stereocenters. The van der Waals surface area contributed by atoms with Crippen LogP contribution in [0.15, 0.2) is 59.8 Å². The number of carbonyl (C=O) groups excluding carboxylic acids is 1. The fourth-order valence-electron chi connectivity index (χ4n) is 5.03. The molecule has 0 aliphatic rings. The van der Waals surface area contributed by atoms with Crippen LogP contribution in [0.25, 0.3) is 11.1 Å². The predicted molar refractivity (Wildman–Crippen MR) is 153 cm³/mol. The van der Waals surface area contributed by atoms with Crippen molar-refractivity contribution in [3.05, 3.63) is 87.6 Å². The number of carbonyl (C=O) groups is 1. The van der Waals surface area contributed by atoms with E-state index in [4.69, 9.17) is 4.74 Å². The number of nitrogens with zero attached hydrogens (tertiary/aromatic N) is 3. The molecule has 3 rings (SSSR count). The van der Waals surface area contributed by atoms with Gasteiger partial charge in [0.05, 0.1) is 13.5 Å². The molecule has 0 aliphatic carbocycles. The fourth-order valence-corrected chi connectivity index (χ4v) is 5.03. The summed E-state index contributed by atoms with van der Waals surface area (Å²) in [5, 5.41) is 3.58. The Labute approximate surface area is 226 Å². The first-order valence-corrected chi connectivity index (χ1v) is 13.3. The Bertz CT molecular complexity index is 1260. The van der Waals surface area contributed by atoms with E-state index in [-0.39, 0.29) is 30.0 Å². The minimum absolute atomic E-state index is 0.0139. The lowest BCUT2D eigenvalue weighted by Gasteiger charge is -2.26. The number of pyridine rings is 2. The zero-order chi connectivity index (χ0) is 27.8. The normalized spacial score (nSPS) is 13.1. The van der Waals surface area contributed by atoms with Crippen LogP contribution in [0.3, 0.4) is 0 Å². The van der Waals surface area contributed by atoms with Crippen LogP contribution < -0.4 is 10.9 Å². The smallest absolute Gasteiger partial charge is 0.307 e. The number of ether oxygens (including phenoxy) is 1. The topological polar surface area (TPSA) is 76.5 Å². The number of benzene rings is 1. The van der Waals surface area contributed by atoms with Crippen molar-refractivity contribution in [2.24, 2.45) is 5.92 Å². The van der Waals surface area contributed by atoms with Gasteiger partial charge in [-0.3, -0.25) is 14.6 Å². The number of methoxy groups -OCH3 is 1. The average Bonchev–Trinajstić information content (AvgIpc) is 2.85. The summed E-state index contributed by atoms with van der Waals surface area (Å²) in [6, 6.07) is 11.7. The Kier molecular flexibility index (Phi) is 10.4. The molecule has 204 valence electrons. The molecule has 0 spiro atoms. The molecule has 0 amide bonds. The third-order valence-electron chi connectivity index (χ3n) is 6.78. The molecule has 0 fully saturated rings. The minimum Gasteiger partial charge on any atom is -0.469 e. The van der Waals surface area contributed by atoms with Crippen molar-refractivity contribution in [2.45, 2.75) is 59.2 Å². The van der Waals surface area contributed by atoms with Crippen LogP contribution >= 0.6 is 0 Å². The van der Waals surface area contributed by atoms with E-state index in [2.05, 4.69) is 62.3 Å². The zero-order valence-electron chi connectivity index (χ0n) is 23.8. The SMILES string of the molecule is COC(=O)C[C@H](NC[C@H](CC(C)C)n1ccc(CN(C)C)cc1=O)c1cncc(-c2c(C)cccc2C)c1. The van der Waals surface area contributed by atoms with Crippen LogP contribution in [-0.4, -0.2) is 48.2 Å². The first kappa shape index (κ1) is 29.3. The van der Waals surface area contributed by atoms with E-state index < -0.39 is 0 Å². The third kappa shape index (κ3) is 7.85. The molecule has 2 atom stereocenters. The molecule has 1 aromatic carbocycles. The second-order valence-corrected chi connectivity index (χ2v) is 10.8. The minimum atomic E-state index is -0.308. The molecule has 38 heavy (non-hydrogen) atoms. The van der Waals surface area contributed by atoms with Crippen LogP contribution in [0.2, 0.25) is 0 Å². The second-order valence-electron chi connectivity index (χ2n) is 10.8. The van der Waals surface area contributed by atoms with E-state index in [0.29, 0.717) is 19.0 Å². The number of nitrogens with one attached hydrogen (secondary N) is 1. The summed E-state index contributed by atoms with van der Waals surface area (Å²) in [5.41, 5.74) is 6.41. The second kappa shape index (κ2) is 13.5. The summed E-state index contributed by atoms with van der Waals surface area (Å²) in [5.74, 6) is 0.0915. The standard InChI is InChI=1S/C31H42N4O3/c1-21(2)13-27(35-12-11-24(14-29(35)36)20-34(5)6)19-33-28(16-30(37)38-7)25-15-26(18-32-17-25)31-22(3)9-8-10-23(31)4/h8-12,14-15,17-18,21,27-28,33H,13,16,19-20H2,1-7H3/t27-,28-/m0/s1. The number of hydrogen-bond acceptors (Lipinski definition) is 6. The van der Waals surface area contributed by atoms with Crippen molar-refractivity contribution in [1.29, 1.82) is 0 Å². The zero-order valence-corrected chi connectivity index (χ0v) is 23.8. The summed E-state index contributed by atoms with van der Waals surface area (Å²) in [4.78, 5) is 32.0. The van der Waals surface area contributed by atoms with Gasteiger partial charge in [0.2, 0.25) is 0 Å². The predicted octanol–water partition coefficient (Wildman–Crippen LogP) is 5.07. The lowest BCUT2D eigenvalue weighted by atomic mass is 9.94. The third-order valence-corrected chi connectivity index (χ3v) is 6.78. The van der Waals surface area contributed by atoms with Crippen molar-refractivity contribution < 1.29 is 9.53 Å². The van der Waals surface area contributed by atoms with Crippen LogP contribution in [0.5, 0.6) is 0 Å². The Morgan fingerprint density at radius 2 is 1.82 bits per heavy atom. The molecule has 0 aliphatic heterocycles. The Morgan fingerprint density at radius 1 is 1.11 bits per heavy atom. The summed E-state index contributed by atoms with van der Waals surface area (Å²) in [6.07, 6.45) is 6.56.